The van der Waals surface area contributed by atoms with Crippen molar-refractivity contribution in [3.05, 3.63) is 67.9 Å². The van der Waals surface area contributed by atoms with E-state index < -0.39 is 5.82 Å². The van der Waals surface area contributed by atoms with Crippen LogP contribution in [0.5, 0.6) is 0 Å². The van der Waals surface area contributed by atoms with E-state index in [1.165, 1.54) is 24.3 Å². The number of benzene rings is 2. The molecule has 0 unspecified atom stereocenters. The summed E-state index contributed by atoms with van der Waals surface area (Å²) in [6.07, 6.45) is 0. The molecule has 0 spiro atoms. The molecule has 0 saturated carbocycles. The first-order valence-electron chi connectivity index (χ1n) is 4.94. The zero-order valence-electron chi connectivity index (χ0n) is 8.88. The van der Waals surface area contributed by atoms with E-state index in [1.807, 2.05) is 0 Å². The maximum atomic E-state index is 13.0. The van der Waals surface area contributed by atoms with Gasteiger partial charge in [-0.3, -0.25) is 4.79 Å². The first kappa shape index (κ1) is 13.5. The van der Waals surface area contributed by atoms with Crippen molar-refractivity contribution in [2.24, 2.45) is 0 Å². The number of halogens is 4. The first-order chi connectivity index (χ1) is 8.49. The van der Waals surface area contributed by atoms with Crippen LogP contribution in [0.1, 0.15) is 15.9 Å². The highest BCUT2D eigenvalue weighted by atomic mass is 79.9. The van der Waals surface area contributed by atoms with Crippen molar-refractivity contribution in [2.45, 2.75) is 0 Å². The minimum atomic E-state index is -0.416. The molecule has 0 radical (unpaired) electrons. The van der Waals surface area contributed by atoms with E-state index in [2.05, 4.69) is 15.9 Å². The standard InChI is InChI=1S/C13H6BrCl2FO/c14-11-6-8(17)2-4-9(11)13(18)10-3-1-7(15)5-12(10)16/h1-6H. The summed E-state index contributed by atoms with van der Waals surface area (Å²) in [6.45, 7) is 0. The normalized spacial score (nSPS) is 10.4. The lowest BCUT2D eigenvalue weighted by atomic mass is 10.0. The minimum absolute atomic E-state index is 0.267. The fourth-order valence-corrected chi connectivity index (χ4v) is 2.52. The van der Waals surface area contributed by atoms with E-state index >= 15 is 0 Å². The minimum Gasteiger partial charge on any atom is -0.289 e. The Hall–Kier alpha value is -0.900. The van der Waals surface area contributed by atoms with E-state index in [1.54, 1.807) is 12.1 Å². The third-order valence-electron chi connectivity index (χ3n) is 2.35. The van der Waals surface area contributed by atoms with Crippen molar-refractivity contribution >= 4 is 44.9 Å². The molecule has 2 rings (SSSR count). The van der Waals surface area contributed by atoms with Crippen molar-refractivity contribution in [1.82, 2.24) is 0 Å². The zero-order valence-corrected chi connectivity index (χ0v) is 12.0. The summed E-state index contributed by atoms with van der Waals surface area (Å²) in [5.74, 6) is -0.704. The highest BCUT2D eigenvalue weighted by molar-refractivity contribution is 9.10. The number of hydrogen-bond acceptors (Lipinski definition) is 1. The van der Waals surface area contributed by atoms with E-state index in [-0.39, 0.29) is 10.8 Å². The predicted octanol–water partition coefficient (Wildman–Crippen LogP) is 5.13. The van der Waals surface area contributed by atoms with Crippen LogP contribution in [-0.2, 0) is 0 Å². The molecule has 2 aromatic carbocycles. The van der Waals surface area contributed by atoms with E-state index in [0.29, 0.717) is 20.6 Å². The molecule has 0 atom stereocenters. The predicted molar refractivity (Wildman–Crippen MR) is 74.0 cm³/mol. The number of carbonyl (C=O) groups excluding carboxylic acids is 1. The summed E-state index contributed by atoms with van der Waals surface area (Å²) in [7, 11) is 0. The van der Waals surface area contributed by atoms with Gasteiger partial charge in [0.15, 0.2) is 5.78 Å². The van der Waals surface area contributed by atoms with Gasteiger partial charge < -0.3 is 0 Å². The van der Waals surface area contributed by atoms with Gasteiger partial charge in [-0.25, -0.2) is 4.39 Å². The van der Waals surface area contributed by atoms with Gasteiger partial charge in [-0.2, -0.15) is 0 Å². The second kappa shape index (κ2) is 5.39. The van der Waals surface area contributed by atoms with Crippen LogP contribution in [0.4, 0.5) is 4.39 Å². The Labute approximate surface area is 122 Å². The summed E-state index contributed by atoms with van der Waals surface area (Å²) in [4.78, 5) is 12.2. The maximum Gasteiger partial charge on any atom is 0.195 e. The molecule has 1 nitrogen and oxygen atoms in total. The van der Waals surface area contributed by atoms with Crippen LogP contribution in [0.3, 0.4) is 0 Å². The number of hydrogen-bond donors (Lipinski definition) is 0. The molecule has 0 aliphatic heterocycles. The van der Waals surface area contributed by atoms with Crippen LogP contribution in [0.25, 0.3) is 0 Å². The lowest BCUT2D eigenvalue weighted by Crippen LogP contribution is -2.03. The van der Waals surface area contributed by atoms with Gasteiger partial charge in [0, 0.05) is 20.6 Å². The van der Waals surface area contributed by atoms with Gasteiger partial charge in [0.25, 0.3) is 0 Å². The lowest BCUT2D eigenvalue weighted by Gasteiger charge is -2.06. The molecule has 0 N–H and O–H groups in total. The van der Waals surface area contributed by atoms with Crippen LogP contribution in [0.2, 0.25) is 10.0 Å². The average Bonchev–Trinajstić information content (AvgIpc) is 2.28. The molecule has 5 heteroatoms. The van der Waals surface area contributed by atoms with Gasteiger partial charge in [0.05, 0.1) is 5.02 Å². The molecular formula is C13H6BrCl2FO. The van der Waals surface area contributed by atoms with Crippen LogP contribution < -0.4 is 0 Å². The zero-order chi connectivity index (χ0) is 13.3. The molecule has 0 fully saturated rings. The molecule has 0 aliphatic rings. The van der Waals surface area contributed by atoms with Gasteiger partial charge in [0.2, 0.25) is 0 Å². The summed E-state index contributed by atoms with van der Waals surface area (Å²) < 4.78 is 13.3. The maximum absolute atomic E-state index is 13.0. The molecule has 92 valence electrons. The summed E-state index contributed by atoms with van der Waals surface area (Å²) in [6, 6.07) is 8.49. The molecule has 0 heterocycles. The number of carbonyl (C=O) groups is 1. The largest absolute Gasteiger partial charge is 0.289 e. The van der Waals surface area contributed by atoms with Crippen LogP contribution in [0.15, 0.2) is 40.9 Å². The van der Waals surface area contributed by atoms with E-state index in [4.69, 9.17) is 23.2 Å². The molecule has 0 amide bonds. The highest BCUT2D eigenvalue weighted by Gasteiger charge is 2.16. The lowest BCUT2D eigenvalue weighted by molar-refractivity contribution is 0.103. The molecule has 2 aromatic rings. The fraction of sp³-hybridized carbons (Fsp3) is 0. The molecular weight excluding hydrogens is 342 g/mol. The second-order valence-corrected chi connectivity index (χ2v) is 5.28. The Balaban J connectivity index is 2.48. The van der Waals surface area contributed by atoms with Crippen LogP contribution >= 0.6 is 39.1 Å². The van der Waals surface area contributed by atoms with Gasteiger partial charge in [-0.05, 0) is 52.3 Å². The summed E-state index contributed by atoms with van der Waals surface area (Å²) >= 11 is 14.9. The number of rotatable bonds is 2. The van der Waals surface area contributed by atoms with Crippen molar-refractivity contribution < 1.29 is 9.18 Å². The van der Waals surface area contributed by atoms with Gasteiger partial charge in [-0.1, -0.05) is 23.2 Å². The third kappa shape index (κ3) is 2.74. The molecule has 0 saturated heterocycles. The Morgan fingerprint density at radius 1 is 1.06 bits per heavy atom. The quantitative estimate of drug-likeness (QED) is 0.688. The van der Waals surface area contributed by atoms with Gasteiger partial charge >= 0.3 is 0 Å². The summed E-state index contributed by atoms with van der Waals surface area (Å²) in [5.41, 5.74) is 0.675. The Bertz CT molecular complexity index is 575. The molecule has 18 heavy (non-hydrogen) atoms. The van der Waals surface area contributed by atoms with Crippen LogP contribution in [0, 0.1) is 5.82 Å². The average molecular weight is 348 g/mol. The van der Waals surface area contributed by atoms with Gasteiger partial charge in [0.1, 0.15) is 5.82 Å². The van der Waals surface area contributed by atoms with Crippen molar-refractivity contribution in [3.63, 3.8) is 0 Å². The third-order valence-corrected chi connectivity index (χ3v) is 3.56. The SMILES string of the molecule is O=C(c1ccc(Cl)cc1Cl)c1ccc(F)cc1Br. The topological polar surface area (TPSA) is 17.1 Å². The Morgan fingerprint density at radius 2 is 1.72 bits per heavy atom. The molecule has 0 aliphatic carbocycles. The van der Waals surface area contributed by atoms with Gasteiger partial charge in [-0.15, -0.1) is 0 Å². The highest BCUT2D eigenvalue weighted by Crippen LogP contribution is 2.26. The smallest absolute Gasteiger partial charge is 0.195 e. The van der Waals surface area contributed by atoms with E-state index in [0.717, 1.165) is 0 Å². The fourth-order valence-electron chi connectivity index (χ4n) is 1.49. The second-order valence-electron chi connectivity index (χ2n) is 3.58. The van der Waals surface area contributed by atoms with Crippen LogP contribution in [-0.4, -0.2) is 5.78 Å². The monoisotopic (exact) mass is 346 g/mol. The number of ketones is 1. The van der Waals surface area contributed by atoms with Crippen molar-refractivity contribution in [1.29, 1.82) is 0 Å². The summed E-state index contributed by atoms with van der Waals surface area (Å²) in [5, 5.41) is 0.721. The van der Waals surface area contributed by atoms with E-state index in [9.17, 15) is 9.18 Å². The first-order valence-corrected chi connectivity index (χ1v) is 6.49. The molecule has 0 aromatic heterocycles. The van der Waals surface area contributed by atoms with Crippen molar-refractivity contribution in [2.75, 3.05) is 0 Å². The van der Waals surface area contributed by atoms with Crippen molar-refractivity contribution in [3.8, 4) is 0 Å². The Kier molecular flexibility index (Phi) is 4.05. The molecule has 0 bridgehead atoms. The Morgan fingerprint density at radius 3 is 2.33 bits per heavy atom.